The standard InChI is InChI=1S/C20H26N2O3S/c1-15-6-9-19(10-7-15)26(24,25)21-12-11-20(23)22(4)14-18-8-5-16(2)13-17(18)3/h5-10,13,21H,11-12,14H2,1-4H3. The van der Waals surface area contributed by atoms with Crippen LogP contribution in [0, 0.1) is 20.8 Å². The number of amides is 1. The topological polar surface area (TPSA) is 66.5 Å². The molecule has 1 amide bonds. The van der Waals surface area contributed by atoms with E-state index in [1.165, 1.54) is 5.56 Å². The molecule has 5 nitrogen and oxygen atoms in total. The zero-order valence-electron chi connectivity index (χ0n) is 15.7. The second kappa shape index (κ2) is 8.47. The van der Waals surface area contributed by atoms with Crippen LogP contribution in [0.3, 0.4) is 0 Å². The van der Waals surface area contributed by atoms with Gasteiger partial charge >= 0.3 is 0 Å². The lowest BCUT2D eigenvalue weighted by Gasteiger charge is -2.19. The van der Waals surface area contributed by atoms with E-state index in [0.29, 0.717) is 6.54 Å². The largest absolute Gasteiger partial charge is 0.341 e. The van der Waals surface area contributed by atoms with Gasteiger partial charge in [0, 0.05) is 26.6 Å². The minimum atomic E-state index is -3.59. The SMILES string of the molecule is Cc1ccc(S(=O)(=O)NCCC(=O)N(C)Cc2ccc(C)cc2C)cc1. The predicted octanol–water partition coefficient (Wildman–Crippen LogP) is 2.94. The zero-order chi connectivity index (χ0) is 19.3. The molecule has 0 aliphatic carbocycles. The maximum atomic E-state index is 12.3. The number of hydrogen-bond acceptors (Lipinski definition) is 3. The smallest absolute Gasteiger partial charge is 0.240 e. The minimum absolute atomic E-state index is 0.0757. The summed E-state index contributed by atoms with van der Waals surface area (Å²) in [6.07, 6.45) is 0.118. The molecule has 1 N–H and O–H groups in total. The van der Waals surface area contributed by atoms with Gasteiger partial charge < -0.3 is 4.90 Å². The van der Waals surface area contributed by atoms with Crippen molar-refractivity contribution in [3.63, 3.8) is 0 Å². The second-order valence-electron chi connectivity index (χ2n) is 6.64. The Morgan fingerprint density at radius 1 is 1.00 bits per heavy atom. The van der Waals surface area contributed by atoms with Gasteiger partial charge in [0.2, 0.25) is 15.9 Å². The molecule has 0 saturated heterocycles. The van der Waals surface area contributed by atoms with Crippen molar-refractivity contribution in [1.29, 1.82) is 0 Å². The van der Waals surface area contributed by atoms with Gasteiger partial charge in [-0.05, 0) is 44.0 Å². The summed E-state index contributed by atoms with van der Waals surface area (Å²) in [6, 6.07) is 12.8. The number of rotatable bonds is 7. The molecule has 6 heteroatoms. The van der Waals surface area contributed by atoms with Gasteiger partial charge in [-0.1, -0.05) is 41.5 Å². The first-order valence-electron chi connectivity index (χ1n) is 8.55. The molecule has 0 aliphatic heterocycles. The van der Waals surface area contributed by atoms with E-state index in [1.807, 2.05) is 32.9 Å². The Balaban J connectivity index is 1.88. The monoisotopic (exact) mass is 374 g/mol. The molecular formula is C20H26N2O3S. The van der Waals surface area contributed by atoms with Crippen LogP contribution in [0.5, 0.6) is 0 Å². The first-order chi connectivity index (χ1) is 12.2. The lowest BCUT2D eigenvalue weighted by molar-refractivity contribution is -0.130. The minimum Gasteiger partial charge on any atom is -0.341 e. The fourth-order valence-electron chi connectivity index (χ4n) is 2.65. The van der Waals surface area contributed by atoms with Crippen molar-refractivity contribution in [2.75, 3.05) is 13.6 Å². The Morgan fingerprint density at radius 2 is 1.62 bits per heavy atom. The van der Waals surface area contributed by atoms with Gasteiger partial charge in [-0.2, -0.15) is 0 Å². The van der Waals surface area contributed by atoms with Gasteiger partial charge in [-0.25, -0.2) is 13.1 Å². The average molecular weight is 375 g/mol. The molecule has 0 aromatic heterocycles. The maximum Gasteiger partial charge on any atom is 0.240 e. The van der Waals surface area contributed by atoms with Crippen molar-refractivity contribution in [2.45, 2.75) is 38.6 Å². The maximum absolute atomic E-state index is 12.3. The molecule has 26 heavy (non-hydrogen) atoms. The van der Waals surface area contributed by atoms with Gasteiger partial charge in [-0.15, -0.1) is 0 Å². The fourth-order valence-corrected chi connectivity index (χ4v) is 3.68. The summed E-state index contributed by atoms with van der Waals surface area (Å²) in [6.45, 7) is 6.54. The van der Waals surface area contributed by atoms with Crippen molar-refractivity contribution >= 4 is 15.9 Å². The molecule has 140 valence electrons. The van der Waals surface area contributed by atoms with Crippen LogP contribution < -0.4 is 4.72 Å². The summed E-state index contributed by atoms with van der Waals surface area (Å²) in [5.41, 5.74) is 4.41. The van der Waals surface area contributed by atoms with Crippen molar-refractivity contribution in [1.82, 2.24) is 9.62 Å². The number of carbonyl (C=O) groups excluding carboxylic acids is 1. The summed E-state index contributed by atoms with van der Waals surface area (Å²) in [5.74, 6) is -0.100. The number of carbonyl (C=O) groups is 1. The van der Waals surface area contributed by atoms with Crippen molar-refractivity contribution in [3.05, 3.63) is 64.7 Å². The number of nitrogens with one attached hydrogen (secondary N) is 1. The van der Waals surface area contributed by atoms with Gasteiger partial charge in [0.05, 0.1) is 4.90 Å². The second-order valence-corrected chi connectivity index (χ2v) is 8.41. The Morgan fingerprint density at radius 3 is 2.23 bits per heavy atom. The van der Waals surface area contributed by atoms with E-state index in [9.17, 15) is 13.2 Å². The molecule has 0 bridgehead atoms. The number of aryl methyl sites for hydroxylation is 3. The normalized spacial score (nSPS) is 11.4. The molecule has 2 aromatic rings. The number of nitrogens with zero attached hydrogens (tertiary/aromatic N) is 1. The molecule has 0 fully saturated rings. The highest BCUT2D eigenvalue weighted by molar-refractivity contribution is 7.89. The summed E-state index contributed by atoms with van der Waals surface area (Å²) in [4.78, 5) is 14.1. The highest BCUT2D eigenvalue weighted by Gasteiger charge is 2.15. The van der Waals surface area contributed by atoms with Crippen molar-refractivity contribution in [3.8, 4) is 0 Å². The lowest BCUT2D eigenvalue weighted by atomic mass is 10.1. The molecule has 0 atom stereocenters. The molecule has 0 unspecified atom stereocenters. The molecule has 0 saturated carbocycles. The molecule has 2 aromatic carbocycles. The molecule has 0 heterocycles. The zero-order valence-corrected chi connectivity index (χ0v) is 16.6. The van der Waals surface area contributed by atoms with Gasteiger partial charge in [0.15, 0.2) is 0 Å². The molecule has 0 radical (unpaired) electrons. The number of sulfonamides is 1. The van der Waals surface area contributed by atoms with E-state index >= 15 is 0 Å². The predicted molar refractivity (Wildman–Crippen MR) is 103 cm³/mol. The summed E-state index contributed by atoms with van der Waals surface area (Å²) < 4.78 is 26.9. The van der Waals surface area contributed by atoms with E-state index in [-0.39, 0.29) is 23.8 Å². The first-order valence-corrected chi connectivity index (χ1v) is 10.0. The summed E-state index contributed by atoms with van der Waals surface area (Å²) >= 11 is 0. The third kappa shape index (κ3) is 5.41. The highest BCUT2D eigenvalue weighted by atomic mass is 32.2. The molecular weight excluding hydrogens is 348 g/mol. The van der Waals surface area contributed by atoms with Crippen molar-refractivity contribution < 1.29 is 13.2 Å². The highest BCUT2D eigenvalue weighted by Crippen LogP contribution is 2.13. The van der Waals surface area contributed by atoms with Gasteiger partial charge in [0.1, 0.15) is 0 Å². The van der Waals surface area contributed by atoms with Gasteiger partial charge in [0.25, 0.3) is 0 Å². The Bertz CT molecular complexity index is 874. The van der Waals surface area contributed by atoms with E-state index < -0.39 is 10.0 Å². The Hall–Kier alpha value is -2.18. The number of hydrogen-bond donors (Lipinski definition) is 1. The van der Waals surface area contributed by atoms with Crippen LogP contribution in [-0.4, -0.2) is 32.8 Å². The third-order valence-corrected chi connectivity index (χ3v) is 5.77. The van der Waals surface area contributed by atoms with Crippen LogP contribution in [0.1, 0.15) is 28.7 Å². The summed E-state index contributed by atoms with van der Waals surface area (Å²) in [7, 11) is -1.86. The van der Waals surface area contributed by atoms with Crippen LogP contribution in [0.15, 0.2) is 47.4 Å². The molecule has 0 aliphatic rings. The molecule has 2 rings (SSSR count). The summed E-state index contributed by atoms with van der Waals surface area (Å²) in [5, 5.41) is 0. The van der Waals surface area contributed by atoms with Crippen LogP contribution in [-0.2, 0) is 21.4 Å². The van der Waals surface area contributed by atoms with Crippen LogP contribution in [0.2, 0.25) is 0 Å². The van der Waals surface area contributed by atoms with Crippen LogP contribution in [0.25, 0.3) is 0 Å². The lowest BCUT2D eigenvalue weighted by Crippen LogP contribution is -2.32. The van der Waals surface area contributed by atoms with Crippen molar-refractivity contribution in [2.24, 2.45) is 0 Å². The molecule has 0 spiro atoms. The van der Waals surface area contributed by atoms with Gasteiger partial charge in [-0.3, -0.25) is 4.79 Å². The quantitative estimate of drug-likeness (QED) is 0.810. The van der Waals surface area contributed by atoms with Crippen LogP contribution >= 0.6 is 0 Å². The van der Waals surface area contributed by atoms with E-state index in [0.717, 1.165) is 16.7 Å². The Labute approximate surface area is 156 Å². The first kappa shape index (κ1) is 20.1. The van der Waals surface area contributed by atoms with Crippen LogP contribution in [0.4, 0.5) is 0 Å². The fraction of sp³-hybridized carbons (Fsp3) is 0.350. The van der Waals surface area contributed by atoms with E-state index in [4.69, 9.17) is 0 Å². The third-order valence-electron chi connectivity index (χ3n) is 4.29. The average Bonchev–Trinajstić information content (AvgIpc) is 2.57. The van der Waals surface area contributed by atoms with E-state index in [1.54, 1.807) is 36.2 Å². The Kier molecular flexibility index (Phi) is 6.56. The van der Waals surface area contributed by atoms with E-state index in [2.05, 4.69) is 10.8 Å². The number of benzene rings is 2.